The van der Waals surface area contributed by atoms with Crippen LogP contribution in [0.2, 0.25) is 10.0 Å². The fourth-order valence-electron chi connectivity index (χ4n) is 2.17. The normalized spacial score (nSPS) is 10.9. The molecule has 3 heteroatoms. The summed E-state index contributed by atoms with van der Waals surface area (Å²) in [7, 11) is 4.05. The molecular weight excluding hydrogens is 289 g/mol. The largest absolute Gasteiger partial charge is 0.378 e. The zero-order valence-corrected chi connectivity index (χ0v) is 13.8. The molecule has 0 aliphatic rings. The first-order chi connectivity index (χ1) is 9.41. The van der Waals surface area contributed by atoms with Gasteiger partial charge in [0.25, 0.3) is 0 Å². The molecule has 0 heterocycles. The van der Waals surface area contributed by atoms with Gasteiger partial charge in [0.05, 0.1) is 10.0 Å². The molecule has 106 valence electrons. The van der Waals surface area contributed by atoms with Crippen molar-refractivity contribution in [1.82, 2.24) is 0 Å². The number of anilines is 1. The van der Waals surface area contributed by atoms with E-state index in [1.807, 2.05) is 20.2 Å². The molecule has 0 unspecified atom stereocenters. The average molecular weight is 308 g/mol. The van der Waals surface area contributed by atoms with Gasteiger partial charge in [-0.05, 0) is 29.2 Å². The highest BCUT2D eigenvalue weighted by molar-refractivity contribution is 6.44. The Kier molecular flexibility index (Phi) is 4.62. The van der Waals surface area contributed by atoms with Crippen LogP contribution in [-0.4, -0.2) is 14.1 Å². The lowest BCUT2D eigenvalue weighted by Crippen LogP contribution is -2.07. The fourth-order valence-corrected chi connectivity index (χ4v) is 2.84. The molecule has 0 N–H and O–H groups in total. The van der Waals surface area contributed by atoms with Crippen LogP contribution in [0.1, 0.15) is 25.3 Å². The van der Waals surface area contributed by atoms with Crippen LogP contribution in [-0.2, 0) is 0 Å². The zero-order valence-electron chi connectivity index (χ0n) is 12.2. The molecule has 1 nitrogen and oxygen atoms in total. The lowest BCUT2D eigenvalue weighted by atomic mass is 9.98. The van der Waals surface area contributed by atoms with E-state index in [-0.39, 0.29) is 0 Å². The van der Waals surface area contributed by atoms with Crippen molar-refractivity contribution in [3.8, 4) is 11.1 Å². The van der Waals surface area contributed by atoms with Crippen molar-refractivity contribution in [1.29, 1.82) is 0 Å². The number of benzene rings is 2. The summed E-state index contributed by atoms with van der Waals surface area (Å²) in [5, 5.41) is 1.30. The summed E-state index contributed by atoms with van der Waals surface area (Å²) in [6, 6.07) is 12.4. The molecule has 2 aromatic carbocycles. The Hall–Kier alpha value is -1.18. The van der Waals surface area contributed by atoms with Crippen LogP contribution in [0.25, 0.3) is 11.1 Å². The number of halogens is 2. The molecule has 2 aromatic rings. The first-order valence-electron chi connectivity index (χ1n) is 6.67. The summed E-state index contributed by atoms with van der Waals surface area (Å²) < 4.78 is 0. The van der Waals surface area contributed by atoms with Crippen molar-refractivity contribution >= 4 is 28.9 Å². The first kappa shape index (κ1) is 15.2. The van der Waals surface area contributed by atoms with Crippen LogP contribution < -0.4 is 4.90 Å². The zero-order chi connectivity index (χ0) is 14.9. The second-order valence-corrected chi connectivity index (χ2v) is 6.18. The van der Waals surface area contributed by atoms with E-state index >= 15 is 0 Å². The van der Waals surface area contributed by atoms with E-state index in [9.17, 15) is 0 Å². The number of hydrogen-bond acceptors (Lipinski definition) is 1. The van der Waals surface area contributed by atoms with Crippen molar-refractivity contribution in [3.05, 3.63) is 52.0 Å². The Bertz CT molecular complexity index is 601. The standard InChI is InChI=1S/C17H19Cl2N/c1-11(2)14-9-10-15(17(19)16(14)18)12-5-7-13(8-6-12)20(3)4/h5-11H,1-4H3. The number of rotatable bonds is 3. The van der Waals surface area contributed by atoms with E-state index in [2.05, 4.69) is 49.1 Å². The van der Waals surface area contributed by atoms with Gasteiger partial charge in [-0.25, -0.2) is 0 Å². The van der Waals surface area contributed by atoms with Gasteiger partial charge in [-0.3, -0.25) is 0 Å². The topological polar surface area (TPSA) is 3.24 Å². The van der Waals surface area contributed by atoms with Gasteiger partial charge in [-0.2, -0.15) is 0 Å². The first-order valence-corrected chi connectivity index (χ1v) is 7.43. The van der Waals surface area contributed by atoms with Crippen molar-refractivity contribution in [2.45, 2.75) is 19.8 Å². The van der Waals surface area contributed by atoms with Crippen molar-refractivity contribution in [2.75, 3.05) is 19.0 Å². The van der Waals surface area contributed by atoms with Gasteiger partial charge in [-0.15, -0.1) is 0 Å². The summed E-state index contributed by atoms with van der Waals surface area (Å²) in [5.41, 5.74) is 4.31. The SMILES string of the molecule is CC(C)c1ccc(-c2ccc(N(C)C)cc2)c(Cl)c1Cl. The van der Waals surface area contributed by atoms with Gasteiger partial charge in [0, 0.05) is 25.3 Å². The monoisotopic (exact) mass is 307 g/mol. The van der Waals surface area contributed by atoms with Crippen molar-refractivity contribution < 1.29 is 0 Å². The molecule has 0 aliphatic carbocycles. The van der Waals surface area contributed by atoms with Crippen LogP contribution >= 0.6 is 23.2 Å². The summed E-state index contributed by atoms with van der Waals surface area (Å²) in [6.45, 7) is 4.23. The maximum Gasteiger partial charge on any atom is 0.0673 e. The highest BCUT2D eigenvalue weighted by Crippen LogP contribution is 2.38. The molecule has 0 saturated carbocycles. The van der Waals surface area contributed by atoms with Gasteiger partial charge in [0.15, 0.2) is 0 Å². The number of nitrogens with zero attached hydrogens (tertiary/aromatic N) is 1. The Morgan fingerprint density at radius 2 is 1.45 bits per heavy atom. The van der Waals surface area contributed by atoms with E-state index in [1.54, 1.807) is 0 Å². The molecule has 0 aliphatic heterocycles. The minimum absolute atomic E-state index is 0.366. The van der Waals surface area contributed by atoms with Crippen LogP contribution in [0.3, 0.4) is 0 Å². The van der Waals surface area contributed by atoms with E-state index in [0.717, 1.165) is 22.4 Å². The average Bonchev–Trinajstić information content (AvgIpc) is 2.41. The fraction of sp³-hybridized carbons (Fsp3) is 0.294. The second-order valence-electron chi connectivity index (χ2n) is 5.43. The maximum absolute atomic E-state index is 6.44. The number of hydrogen-bond donors (Lipinski definition) is 0. The van der Waals surface area contributed by atoms with Gasteiger partial charge >= 0.3 is 0 Å². The van der Waals surface area contributed by atoms with Crippen LogP contribution in [0.15, 0.2) is 36.4 Å². The van der Waals surface area contributed by atoms with Gasteiger partial charge < -0.3 is 4.90 Å². The molecule has 0 aromatic heterocycles. The maximum atomic E-state index is 6.44. The highest BCUT2D eigenvalue weighted by Gasteiger charge is 2.13. The minimum Gasteiger partial charge on any atom is -0.378 e. The Morgan fingerprint density at radius 1 is 0.850 bits per heavy atom. The third kappa shape index (κ3) is 2.94. The molecule has 0 atom stereocenters. The summed E-state index contributed by atoms with van der Waals surface area (Å²) >= 11 is 12.8. The Balaban J connectivity index is 2.45. The highest BCUT2D eigenvalue weighted by atomic mass is 35.5. The van der Waals surface area contributed by atoms with Crippen LogP contribution in [0.4, 0.5) is 5.69 Å². The lowest BCUT2D eigenvalue weighted by Gasteiger charge is -2.15. The minimum atomic E-state index is 0.366. The van der Waals surface area contributed by atoms with Crippen LogP contribution in [0, 0.1) is 0 Å². The third-order valence-electron chi connectivity index (χ3n) is 3.43. The second kappa shape index (κ2) is 6.07. The lowest BCUT2D eigenvalue weighted by molar-refractivity contribution is 0.867. The Labute approximate surface area is 131 Å². The predicted molar refractivity (Wildman–Crippen MR) is 90.3 cm³/mol. The van der Waals surface area contributed by atoms with Crippen molar-refractivity contribution in [2.24, 2.45) is 0 Å². The molecule has 0 fully saturated rings. The molecule has 0 bridgehead atoms. The summed E-state index contributed by atoms with van der Waals surface area (Å²) in [6.07, 6.45) is 0. The predicted octanol–water partition coefficient (Wildman–Crippen LogP) is 5.85. The molecule has 0 amide bonds. The molecular formula is C17H19Cl2N. The van der Waals surface area contributed by atoms with E-state index in [4.69, 9.17) is 23.2 Å². The molecule has 0 saturated heterocycles. The van der Waals surface area contributed by atoms with Gasteiger partial charge in [0.1, 0.15) is 0 Å². The van der Waals surface area contributed by atoms with E-state index in [0.29, 0.717) is 16.0 Å². The summed E-state index contributed by atoms with van der Waals surface area (Å²) in [5.74, 6) is 0.366. The molecule has 0 radical (unpaired) electrons. The smallest absolute Gasteiger partial charge is 0.0673 e. The third-order valence-corrected chi connectivity index (χ3v) is 4.33. The van der Waals surface area contributed by atoms with E-state index < -0.39 is 0 Å². The van der Waals surface area contributed by atoms with Gasteiger partial charge in [0.2, 0.25) is 0 Å². The Morgan fingerprint density at radius 3 is 1.95 bits per heavy atom. The van der Waals surface area contributed by atoms with E-state index in [1.165, 1.54) is 0 Å². The van der Waals surface area contributed by atoms with Crippen LogP contribution in [0.5, 0.6) is 0 Å². The molecule has 0 spiro atoms. The van der Waals surface area contributed by atoms with Crippen molar-refractivity contribution in [3.63, 3.8) is 0 Å². The molecule has 2 rings (SSSR count). The quantitative estimate of drug-likeness (QED) is 0.687. The summed E-state index contributed by atoms with van der Waals surface area (Å²) in [4.78, 5) is 2.07. The molecule has 20 heavy (non-hydrogen) atoms. The van der Waals surface area contributed by atoms with Gasteiger partial charge in [-0.1, -0.05) is 61.3 Å².